The zero-order chi connectivity index (χ0) is 33.4. The summed E-state index contributed by atoms with van der Waals surface area (Å²) in [7, 11) is 0. The van der Waals surface area contributed by atoms with Gasteiger partial charge in [-0.05, 0) is 30.4 Å². The third-order valence-electron chi connectivity index (χ3n) is 11.9. The van der Waals surface area contributed by atoms with Gasteiger partial charge in [0.2, 0.25) is 0 Å². The molecule has 4 aliphatic rings. The van der Waals surface area contributed by atoms with Crippen LogP contribution in [0.15, 0.2) is 23.3 Å². The van der Waals surface area contributed by atoms with E-state index in [9.17, 15) is 34.8 Å². The summed E-state index contributed by atoms with van der Waals surface area (Å²) in [6.07, 6.45) is 13.0. The second-order valence-corrected chi connectivity index (χ2v) is 15.3. The lowest BCUT2D eigenvalue weighted by Gasteiger charge is -2.52. The molecule has 0 aromatic rings. The van der Waals surface area contributed by atoms with Crippen LogP contribution in [0.25, 0.3) is 0 Å². The molecule has 0 amide bonds. The van der Waals surface area contributed by atoms with Crippen molar-refractivity contribution >= 4 is 17.7 Å². The smallest absolute Gasteiger partial charge is 0.306 e. The van der Waals surface area contributed by atoms with Gasteiger partial charge in [0, 0.05) is 48.3 Å². The fourth-order valence-electron chi connectivity index (χ4n) is 9.21. The van der Waals surface area contributed by atoms with Gasteiger partial charge in [0.1, 0.15) is 17.3 Å². The minimum absolute atomic E-state index is 0.101. The van der Waals surface area contributed by atoms with E-state index in [0.717, 1.165) is 57.8 Å². The van der Waals surface area contributed by atoms with Gasteiger partial charge in [-0.3, -0.25) is 14.4 Å². The maximum atomic E-state index is 13.2. The number of fused-ring (bicyclic) bond motifs is 5. The summed E-state index contributed by atoms with van der Waals surface area (Å²) in [6.45, 7) is 8.74. The Morgan fingerprint density at radius 1 is 0.978 bits per heavy atom. The molecule has 1 unspecified atom stereocenters. The minimum atomic E-state index is -1.92. The van der Waals surface area contributed by atoms with Crippen LogP contribution in [0.5, 0.6) is 0 Å². The van der Waals surface area contributed by atoms with Gasteiger partial charge < -0.3 is 30.3 Å². The third-order valence-corrected chi connectivity index (χ3v) is 11.9. The van der Waals surface area contributed by atoms with Crippen LogP contribution in [0.2, 0.25) is 0 Å². The highest BCUT2D eigenvalue weighted by atomic mass is 16.6. The molecule has 254 valence electrons. The van der Waals surface area contributed by atoms with Gasteiger partial charge in [0.05, 0.1) is 12.2 Å². The van der Waals surface area contributed by atoms with Crippen LogP contribution in [0, 0.1) is 35.0 Å². The van der Waals surface area contributed by atoms with Crippen LogP contribution in [-0.4, -0.2) is 72.8 Å². The highest BCUT2D eigenvalue weighted by Crippen LogP contribution is 2.75. The Morgan fingerprint density at radius 2 is 1.56 bits per heavy atom. The molecule has 4 rings (SSSR count). The number of Topliss-reactive ketones (excluding diaryl/α,β-unsaturated/α-hetero) is 1. The highest BCUT2D eigenvalue weighted by molar-refractivity contribution is 6.04. The van der Waals surface area contributed by atoms with Crippen molar-refractivity contribution in [3.05, 3.63) is 23.3 Å². The topological polar surface area (TPSA) is 162 Å². The number of rotatable bonds is 16. The average molecular weight is 633 g/mol. The van der Waals surface area contributed by atoms with Crippen molar-refractivity contribution in [2.45, 2.75) is 141 Å². The summed E-state index contributed by atoms with van der Waals surface area (Å²) < 4.78 is 6.02. The van der Waals surface area contributed by atoms with Gasteiger partial charge in [-0.25, -0.2) is 0 Å². The number of aliphatic hydroxyl groups excluding tert-OH is 1. The first-order valence-electron chi connectivity index (χ1n) is 17.2. The summed E-state index contributed by atoms with van der Waals surface area (Å²) in [5, 5.41) is 55.3. The minimum Gasteiger partial charge on any atom is -0.481 e. The van der Waals surface area contributed by atoms with Gasteiger partial charge in [-0.1, -0.05) is 97.6 Å². The van der Waals surface area contributed by atoms with E-state index in [0.29, 0.717) is 17.6 Å². The fourth-order valence-corrected chi connectivity index (χ4v) is 9.21. The van der Waals surface area contributed by atoms with Crippen LogP contribution >= 0.6 is 0 Å². The molecule has 0 aliphatic heterocycles. The molecule has 0 bridgehead atoms. The molecule has 0 aromatic heterocycles. The van der Waals surface area contributed by atoms with Crippen molar-refractivity contribution < 1.29 is 44.7 Å². The van der Waals surface area contributed by atoms with Gasteiger partial charge in [-0.2, -0.15) is 0 Å². The number of carboxylic acids is 1. The van der Waals surface area contributed by atoms with Crippen molar-refractivity contribution in [1.82, 2.24) is 0 Å². The Hall–Kier alpha value is -2.07. The predicted molar refractivity (Wildman–Crippen MR) is 169 cm³/mol. The van der Waals surface area contributed by atoms with Crippen molar-refractivity contribution in [2.75, 3.05) is 6.61 Å². The van der Waals surface area contributed by atoms with E-state index in [4.69, 9.17) is 9.84 Å². The van der Waals surface area contributed by atoms with Crippen LogP contribution in [0.1, 0.15) is 118 Å². The lowest BCUT2D eigenvalue weighted by molar-refractivity contribution is -0.221. The molecule has 0 spiro atoms. The number of ether oxygens (including phenoxy) is 1. The molecule has 9 nitrogen and oxygen atoms in total. The summed E-state index contributed by atoms with van der Waals surface area (Å²) in [5.41, 5.74) is -4.90. The fraction of sp³-hybridized carbons (Fsp3) is 0.806. The van der Waals surface area contributed by atoms with E-state index in [-0.39, 0.29) is 31.8 Å². The summed E-state index contributed by atoms with van der Waals surface area (Å²) in [5.74, 6) is -4.31. The molecule has 4 aliphatic carbocycles. The van der Waals surface area contributed by atoms with Gasteiger partial charge in [0.25, 0.3) is 0 Å². The van der Waals surface area contributed by atoms with E-state index in [1.54, 1.807) is 26.0 Å². The van der Waals surface area contributed by atoms with Crippen molar-refractivity contribution in [2.24, 2.45) is 35.0 Å². The molecule has 0 saturated heterocycles. The molecule has 0 aromatic carbocycles. The SMILES string of the molecule is CC1=C[C@H]2[C@@]3(O)[C@H](C)[C@@H](OC(=O)CCCCCCCCCCCC(C)CC(=O)O)[C@]4(O)[C@H]([C@@H]3C=C(CO)C[C@]2(O)C1=O)C4(C)C. The Balaban J connectivity index is 1.30. The molecule has 0 radical (unpaired) electrons. The van der Waals surface area contributed by atoms with Crippen LogP contribution in [0.4, 0.5) is 0 Å². The monoisotopic (exact) mass is 632 g/mol. The molecular weight excluding hydrogens is 576 g/mol. The number of esters is 1. The van der Waals surface area contributed by atoms with E-state index in [1.807, 2.05) is 20.8 Å². The molecule has 0 heterocycles. The largest absolute Gasteiger partial charge is 0.481 e. The second-order valence-electron chi connectivity index (χ2n) is 15.3. The lowest BCUT2D eigenvalue weighted by Crippen LogP contribution is -2.65. The molecule has 2 saturated carbocycles. The molecule has 45 heavy (non-hydrogen) atoms. The van der Waals surface area contributed by atoms with E-state index >= 15 is 0 Å². The normalized spacial score (nSPS) is 37.0. The van der Waals surface area contributed by atoms with E-state index in [1.165, 1.54) is 0 Å². The Labute approximate surface area is 268 Å². The van der Waals surface area contributed by atoms with Crippen LogP contribution in [0.3, 0.4) is 0 Å². The number of carbonyl (C=O) groups is 3. The van der Waals surface area contributed by atoms with Crippen LogP contribution < -0.4 is 0 Å². The summed E-state index contributed by atoms with van der Waals surface area (Å²) in [4.78, 5) is 37.1. The van der Waals surface area contributed by atoms with E-state index < -0.39 is 69.7 Å². The second kappa shape index (κ2) is 13.6. The summed E-state index contributed by atoms with van der Waals surface area (Å²) >= 11 is 0. The van der Waals surface area contributed by atoms with Gasteiger partial charge >= 0.3 is 11.9 Å². The number of hydrogen-bond acceptors (Lipinski definition) is 8. The number of aliphatic hydroxyl groups is 4. The Kier molecular flexibility index (Phi) is 10.8. The van der Waals surface area contributed by atoms with Gasteiger partial charge in [0.15, 0.2) is 5.78 Å². The molecule has 9 heteroatoms. The zero-order valence-corrected chi connectivity index (χ0v) is 27.9. The summed E-state index contributed by atoms with van der Waals surface area (Å²) in [6, 6.07) is 0. The molecule has 2 fully saturated rings. The predicted octanol–water partition coefficient (Wildman–Crippen LogP) is 4.88. The maximum absolute atomic E-state index is 13.2. The van der Waals surface area contributed by atoms with Gasteiger partial charge in [-0.15, -0.1) is 0 Å². The quantitative estimate of drug-likeness (QED) is 0.0907. The molecule has 9 atom stereocenters. The zero-order valence-electron chi connectivity index (χ0n) is 27.9. The van der Waals surface area contributed by atoms with Crippen molar-refractivity contribution in [1.29, 1.82) is 0 Å². The number of carbonyl (C=O) groups excluding carboxylic acids is 2. The number of hydrogen-bond donors (Lipinski definition) is 5. The van der Waals surface area contributed by atoms with Crippen molar-refractivity contribution in [3.8, 4) is 0 Å². The highest BCUT2D eigenvalue weighted by Gasteiger charge is 2.85. The standard InChI is InChI=1S/C36H56O9/c1-22(17-28(38)39)15-13-11-9-7-6-8-10-12-14-16-29(40)45-32-24(3)35(43)26(30-33(4,5)36(30,32)44)19-25(21-37)20-34(42)27(35)18-23(2)31(34)41/h18-19,22,24,26-27,30,32,37,42-44H,6-17,20-21H2,1-5H3,(H,38,39)/t22?,24-,26+,27-,30-,32-,34-,35-,36-/m1/s1. The Bertz CT molecular complexity index is 1190. The maximum Gasteiger partial charge on any atom is 0.306 e. The lowest BCUT2D eigenvalue weighted by atomic mass is 9.59. The number of ketones is 1. The number of unbranched alkanes of at least 4 members (excludes halogenated alkanes) is 8. The first-order chi connectivity index (χ1) is 21.1. The molecular formula is C36H56O9. The molecule has 5 N–H and O–H groups in total. The van der Waals surface area contributed by atoms with Crippen LogP contribution in [-0.2, 0) is 19.1 Å². The average Bonchev–Trinajstić information content (AvgIpc) is 3.36. The first-order valence-corrected chi connectivity index (χ1v) is 17.2. The number of carboxylic acid groups (broad SMARTS) is 1. The van der Waals surface area contributed by atoms with Crippen molar-refractivity contribution in [3.63, 3.8) is 0 Å². The number of aliphatic carboxylic acids is 1. The van der Waals surface area contributed by atoms with E-state index in [2.05, 4.69) is 0 Å². The third kappa shape index (κ3) is 6.43. The first kappa shape index (κ1) is 35.8. The Morgan fingerprint density at radius 3 is 2.13 bits per heavy atom.